The summed E-state index contributed by atoms with van der Waals surface area (Å²) in [5.41, 5.74) is 2.84. The fraction of sp³-hybridized carbons (Fsp3) is 0.667. The van der Waals surface area contributed by atoms with Crippen LogP contribution in [0.3, 0.4) is 0 Å². The van der Waals surface area contributed by atoms with Crippen molar-refractivity contribution in [2.75, 3.05) is 24.5 Å². The van der Waals surface area contributed by atoms with Crippen LogP contribution in [-0.2, 0) is 6.54 Å². The molecule has 0 aliphatic carbocycles. The zero-order valence-corrected chi connectivity index (χ0v) is 14.6. The highest BCUT2D eigenvalue weighted by Gasteiger charge is 2.27. The lowest BCUT2D eigenvalue weighted by Gasteiger charge is -2.39. The van der Waals surface area contributed by atoms with E-state index in [0.29, 0.717) is 11.3 Å². The summed E-state index contributed by atoms with van der Waals surface area (Å²) in [6.07, 6.45) is 2.55. The van der Waals surface area contributed by atoms with Crippen LogP contribution in [-0.4, -0.2) is 19.6 Å². The first-order chi connectivity index (χ1) is 9.87. The van der Waals surface area contributed by atoms with Crippen molar-refractivity contribution < 1.29 is 0 Å². The summed E-state index contributed by atoms with van der Waals surface area (Å²) >= 11 is 6.53. The molecule has 1 saturated heterocycles. The van der Waals surface area contributed by atoms with Crippen molar-refractivity contribution in [1.29, 1.82) is 0 Å². The van der Waals surface area contributed by atoms with Gasteiger partial charge >= 0.3 is 0 Å². The molecule has 1 N–H and O–H groups in total. The van der Waals surface area contributed by atoms with Crippen LogP contribution in [0.4, 0.5) is 5.69 Å². The molecule has 1 heterocycles. The minimum atomic E-state index is 0.388. The van der Waals surface area contributed by atoms with E-state index in [9.17, 15) is 0 Å². The number of halogens is 1. The van der Waals surface area contributed by atoms with Crippen molar-refractivity contribution >= 4 is 17.3 Å². The molecule has 0 radical (unpaired) electrons. The van der Waals surface area contributed by atoms with Gasteiger partial charge in [0, 0.05) is 19.6 Å². The van der Waals surface area contributed by atoms with Gasteiger partial charge < -0.3 is 10.2 Å². The Morgan fingerprint density at radius 1 is 1.33 bits per heavy atom. The monoisotopic (exact) mass is 308 g/mol. The van der Waals surface area contributed by atoms with E-state index in [2.05, 4.69) is 56.1 Å². The Hall–Kier alpha value is -0.730. The average molecular weight is 309 g/mol. The SMILES string of the molecule is CC(C)CNCc1ccc(N2CCCC(C)(C)C2)c(Cl)c1. The molecule has 2 rings (SSSR count). The van der Waals surface area contributed by atoms with Crippen molar-refractivity contribution in [3.8, 4) is 0 Å². The largest absolute Gasteiger partial charge is 0.370 e. The van der Waals surface area contributed by atoms with E-state index < -0.39 is 0 Å². The van der Waals surface area contributed by atoms with E-state index in [1.54, 1.807) is 0 Å². The predicted molar refractivity (Wildman–Crippen MR) is 93.2 cm³/mol. The van der Waals surface area contributed by atoms with Gasteiger partial charge in [0.2, 0.25) is 0 Å². The summed E-state index contributed by atoms with van der Waals surface area (Å²) in [7, 11) is 0. The van der Waals surface area contributed by atoms with Gasteiger partial charge in [0.15, 0.2) is 0 Å². The van der Waals surface area contributed by atoms with E-state index >= 15 is 0 Å². The third-order valence-electron chi connectivity index (χ3n) is 4.13. The Labute approximate surface area is 134 Å². The maximum absolute atomic E-state index is 6.53. The van der Waals surface area contributed by atoms with Crippen LogP contribution in [0.2, 0.25) is 5.02 Å². The quantitative estimate of drug-likeness (QED) is 0.847. The van der Waals surface area contributed by atoms with Gasteiger partial charge in [-0.15, -0.1) is 0 Å². The van der Waals surface area contributed by atoms with Gasteiger partial charge in [-0.05, 0) is 48.4 Å². The molecule has 21 heavy (non-hydrogen) atoms. The van der Waals surface area contributed by atoms with Crippen LogP contribution in [0.5, 0.6) is 0 Å². The Morgan fingerprint density at radius 3 is 2.71 bits per heavy atom. The lowest BCUT2D eigenvalue weighted by molar-refractivity contribution is 0.293. The molecular formula is C18H29ClN2. The van der Waals surface area contributed by atoms with Gasteiger partial charge in [-0.1, -0.05) is 45.4 Å². The molecule has 1 aromatic carbocycles. The van der Waals surface area contributed by atoms with Crippen LogP contribution in [0.1, 0.15) is 46.1 Å². The van der Waals surface area contributed by atoms with Crippen LogP contribution < -0.4 is 10.2 Å². The van der Waals surface area contributed by atoms with E-state index in [-0.39, 0.29) is 0 Å². The molecule has 2 nitrogen and oxygen atoms in total. The smallest absolute Gasteiger partial charge is 0.0642 e. The van der Waals surface area contributed by atoms with Gasteiger partial charge in [-0.25, -0.2) is 0 Å². The predicted octanol–water partition coefficient (Wildman–Crippen LogP) is 4.71. The second-order valence-corrected chi connectivity index (χ2v) is 7.91. The Balaban J connectivity index is 2.02. The molecule has 0 bridgehead atoms. The highest BCUT2D eigenvalue weighted by atomic mass is 35.5. The molecule has 0 saturated carbocycles. The molecule has 0 aromatic heterocycles. The van der Waals surface area contributed by atoms with Crippen molar-refractivity contribution in [1.82, 2.24) is 5.32 Å². The van der Waals surface area contributed by atoms with Crippen molar-refractivity contribution in [2.24, 2.45) is 11.3 Å². The number of nitrogens with one attached hydrogen (secondary N) is 1. The fourth-order valence-electron chi connectivity index (χ4n) is 3.05. The van der Waals surface area contributed by atoms with Crippen LogP contribution in [0.15, 0.2) is 18.2 Å². The van der Waals surface area contributed by atoms with Gasteiger partial charge in [0.25, 0.3) is 0 Å². The third-order valence-corrected chi connectivity index (χ3v) is 4.44. The number of hydrogen-bond acceptors (Lipinski definition) is 2. The molecule has 1 aliphatic rings. The van der Waals surface area contributed by atoms with E-state index in [1.165, 1.54) is 24.1 Å². The Bertz CT molecular complexity index is 468. The summed E-state index contributed by atoms with van der Waals surface area (Å²) in [4.78, 5) is 2.44. The zero-order valence-electron chi connectivity index (χ0n) is 13.9. The zero-order chi connectivity index (χ0) is 15.5. The van der Waals surface area contributed by atoms with E-state index in [4.69, 9.17) is 11.6 Å². The lowest BCUT2D eigenvalue weighted by atomic mass is 9.84. The maximum Gasteiger partial charge on any atom is 0.0642 e. The fourth-order valence-corrected chi connectivity index (χ4v) is 3.37. The Morgan fingerprint density at radius 2 is 2.10 bits per heavy atom. The van der Waals surface area contributed by atoms with Crippen LogP contribution >= 0.6 is 11.6 Å². The van der Waals surface area contributed by atoms with Crippen molar-refractivity contribution in [3.63, 3.8) is 0 Å². The van der Waals surface area contributed by atoms with Crippen LogP contribution in [0, 0.1) is 11.3 Å². The third kappa shape index (κ3) is 4.89. The van der Waals surface area contributed by atoms with Crippen molar-refractivity contribution in [3.05, 3.63) is 28.8 Å². The van der Waals surface area contributed by atoms with E-state index in [1.807, 2.05) is 0 Å². The minimum absolute atomic E-state index is 0.388. The highest BCUT2D eigenvalue weighted by molar-refractivity contribution is 6.33. The number of rotatable bonds is 5. The topological polar surface area (TPSA) is 15.3 Å². The first-order valence-corrected chi connectivity index (χ1v) is 8.49. The molecule has 118 valence electrons. The standard InChI is InChI=1S/C18H29ClN2/c1-14(2)11-20-12-15-6-7-17(16(19)10-15)21-9-5-8-18(3,4)13-21/h6-7,10,14,20H,5,8-9,11-13H2,1-4H3. The highest BCUT2D eigenvalue weighted by Crippen LogP contribution is 2.35. The first kappa shape index (κ1) is 16.6. The summed E-state index contributed by atoms with van der Waals surface area (Å²) in [6.45, 7) is 13.3. The first-order valence-electron chi connectivity index (χ1n) is 8.11. The minimum Gasteiger partial charge on any atom is -0.370 e. The van der Waals surface area contributed by atoms with Gasteiger partial charge in [-0.3, -0.25) is 0 Å². The lowest BCUT2D eigenvalue weighted by Crippen LogP contribution is -2.40. The summed E-state index contributed by atoms with van der Waals surface area (Å²) in [5, 5.41) is 4.35. The molecular weight excluding hydrogens is 280 g/mol. The number of benzene rings is 1. The normalized spacial score (nSPS) is 18.3. The average Bonchev–Trinajstić information content (AvgIpc) is 2.37. The van der Waals surface area contributed by atoms with E-state index in [0.717, 1.165) is 31.2 Å². The summed E-state index contributed by atoms with van der Waals surface area (Å²) in [5.74, 6) is 0.676. The molecule has 1 aromatic rings. The Kier molecular flexibility index (Phi) is 5.56. The molecule has 0 atom stereocenters. The maximum atomic E-state index is 6.53. The number of anilines is 1. The number of nitrogens with zero attached hydrogens (tertiary/aromatic N) is 1. The molecule has 0 spiro atoms. The van der Waals surface area contributed by atoms with Gasteiger partial charge in [0.05, 0.1) is 10.7 Å². The number of hydrogen-bond donors (Lipinski definition) is 1. The molecule has 0 amide bonds. The molecule has 0 unspecified atom stereocenters. The second kappa shape index (κ2) is 7.02. The molecule has 1 fully saturated rings. The van der Waals surface area contributed by atoms with Crippen molar-refractivity contribution in [2.45, 2.75) is 47.1 Å². The molecule has 1 aliphatic heterocycles. The molecule has 3 heteroatoms. The number of piperidine rings is 1. The van der Waals surface area contributed by atoms with Crippen LogP contribution in [0.25, 0.3) is 0 Å². The summed E-state index contributed by atoms with van der Waals surface area (Å²) < 4.78 is 0. The second-order valence-electron chi connectivity index (χ2n) is 7.50. The van der Waals surface area contributed by atoms with Gasteiger partial charge in [0.1, 0.15) is 0 Å². The summed E-state index contributed by atoms with van der Waals surface area (Å²) in [6, 6.07) is 6.51. The van der Waals surface area contributed by atoms with Gasteiger partial charge in [-0.2, -0.15) is 0 Å².